The summed E-state index contributed by atoms with van der Waals surface area (Å²) in [7, 11) is 0. The number of halogens is 1. The van der Waals surface area contributed by atoms with E-state index in [0.29, 0.717) is 0 Å². The molecule has 1 N–H and O–H groups in total. The number of nitrogens with one attached hydrogen (secondary N) is 1. The average molecular weight is 220 g/mol. The second-order valence-corrected chi connectivity index (χ2v) is 4.39. The van der Waals surface area contributed by atoms with Gasteiger partial charge in [-0.2, -0.15) is 0 Å². The molecule has 1 aliphatic heterocycles. The highest BCUT2D eigenvalue weighted by Crippen LogP contribution is 2.19. The predicted molar refractivity (Wildman–Crippen MR) is 61.1 cm³/mol. The van der Waals surface area contributed by atoms with Crippen molar-refractivity contribution in [2.45, 2.75) is 57.0 Å². The zero-order valence-electron chi connectivity index (χ0n) is 8.84. The fourth-order valence-electron chi connectivity index (χ4n) is 2.47. The third-order valence-corrected chi connectivity index (χ3v) is 3.30. The molecule has 1 saturated carbocycles. The summed E-state index contributed by atoms with van der Waals surface area (Å²) in [5.74, 6) is 0. The Labute approximate surface area is 93.2 Å². The first-order valence-electron chi connectivity index (χ1n) is 5.79. The zero-order valence-corrected chi connectivity index (χ0v) is 9.65. The fraction of sp³-hybridized carbons (Fsp3) is 1.00. The summed E-state index contributed by atoms with van der Waals surface area (Å²) >= 11 is 0. The molecule has 1 aliphatic carbocycles. The number of hydrogen-bond donors (Lipinski definition) is 1. The smallest absolute Gasteiger partial charge is 0.0480 e. The lowest BCUT2D eigenvalue weighted by atomic mass is 9.94. The lowest BCUT2D eigenvalue weighted by molar-refractivity contribution is 0.0732. The van der Waals surface area contributed by atoms with Gasteiger partial charge in [-0.1, -0.05) is 19.3 Å². The van der Waals surface area contributed by atoms with Crippen molar-refractivity contribution in [3.8, 4) is 0 Å². The van der Waals surface area contributed by atoms with Crippen LogP contribution in [-0.2, 0) is 4.74 Å². The van der Waals surface area contributed by atoms with Crippen LogP contribution in [0.2, 0.25) is 0 Å². The molecule has 0 unspecified atom stereocenters. The van der Waals surface area contributed by atoms with Crippen LogP contribution in [0.15, 0.2) is 0 Å². The van der Waals surface area contributed by atoms with E-state index in [0.717, 1.165) is 25.3 Å². The summed E-state index contributed by atoms with van der Waals surface area (Å²) in [6.07, 6.45) is 9.55. The van der Waals surface area contributed by atoms with E-state index in [1.54, 1.807) is 0 Å². The van der Waals surface area contributed by atoms with Crippen LogP contribution in [0.4, 0.5) is 0 Å². The molecule has 0 aromatic carbocycles. The van der Waals surface area contributed by atoms with Crippen molar-refractivity contribution in [2.24, 2.45) is 0 Å². The van der Waals surface area contributed by atoms with Gasteiger partial charge in [0.05, 0.1) is 0 Å². The highest BCUT2D eigenvalue weighted by molar-refractivity contribution is 5.85. The normalized spacial score (nSPS) is 25.7. The molecule has 0 aromatic rings. The number of ether oxygens (including phenoxy) is 1. The monoisotopic (exact) mass is 219 g/mol. The Balaban J connectivity index is 0.000000980. The van der Waals surface area contributed by atoms with Gasteiger partial charge >= 0.3 is 0 Å². The molecule has 0 spiro atoms. The average Bonchev–Trinajstić information content (AvgIpc) is 2.21. The van der Waals surface area contributed by atoms with E-state index in [2.05, 4.69) is 5.32 Å². The SMILES string of the molecule is C1CCC(NC2CCOCC2)CC1.Cl. The number of rotatable bonds is 2. The maximum absolute atomic E-state index is 5.35. The number of hydrogen-bond acceptors (Lipinski definition) is 2. The molecule has 2 aliphatic rings. The first-order chi connectivity index (χ1) is 6.45. The van der Waals surface area contributed by atoms with Crippen LogP contribution in [0.1, 0.15) is 44.9 Å². The molecule has 2 rings (SSSR count). The maximum Gasteiger partial charge on any atom is 0.0480 e. The summed E-state index contributed by atoms with van der Waals surface area (Å²) < 4.78 is 5.35. The third-order valence-electron chi connectivity index (χ3n) is 3.30. The van der Waals surface area contributed by atoms with Crippen LogP contribution in [0.3, 0.4) is 0 Å². The van der Waals surface area contributed by atoms with Gasteiger partial charge in [0.25, 0.3) is 0 Å². The van der Waals surface area contributed by atoms with E-state index in [-0.39, 0.29) is 12.4 Å². The highest BCUT2D eigenvalue weighted by Gasteiger charge is 2.19. The Hall–Kier alpha value is 0.210. The van der Waals surface area contributed by atoms with Crippen molar-refractivity contribution in [2.75, 3.05) is 13.2 Å². The van der Waals surface area contributed by atoms with Gasteiger partial charge in [-0.05, 0) is 25.7 Å². The summed E-state index contributed by atoms with van der Waals surface area (Å²) in [6, 6.07) is 1.56. The lowest BCUT2D eigenvalue weighted by Gasteiger charge is -2.30. The van der Waals surface area contributed by atoms with Gasteiger partial charge in [-0.25, -0.2) is 0 Å². The van der Waals surface area contributed by atoms with Gasteiger partial charge in [0.2, 0.25) is 0 Å². The minimum Gasteiger partial charge on any atom is -0.381 e. The van der Waals surface area contributed by atoms with Crippen molar-refractivity contribution in [3.05, 3.63) is 0 Å². The molecule has 3 heteroatoms. The molecule has 2 nitrogen and oxygen atoms in total. The second kappa shape index (κ2) is 6.65. The van der Waals surface area contributed by atoms with Crippen LogP contribution in [0, 0.1) is 0 Å². The summed E-state index contributed by atoms with van der Waals surface area (Å²) in [5.41, 5.74) is 0. The van der Waals surface area contributed by atoms with Crippen molar-refractivity contribution in [1.29, 1.82) is 0 Å². The van der Waals surface area contributed by atoms with Crippen LogP contribution < -0.4 is 5.32 Å². The zero-order chi connectivity index (χ0) is 8.93. The molecule has 84 valence electrons. The lowest BCUT2D eigenvalue weighted by Crippen LogP contribution is -2.42. The molecule has 0 atom stereocenters. The van der Waals surface area contributed by atoms with Crippen LogP contribution in [-0.4, -0.2) is 25.3 Å². The maximum atomic E-state index is 5.35. The molecule has 2 fully saturated rings. The largest absolute Gasteiger partial charge is 0.381 e. The third kappa shape index (κ3) is 3.76. The molecule has 14 heavy (non-hydrogen) atoms. The van der Waals surface area contributed by atoms with Gasteiger partial charge in [0.1, 0.15) is 0 Å². The molecule has 0 radical (unpaired) electrons. The summed E-state index contributed by atoms with van der Waals surface area (Å²) in [4.78, 5) is 0. The van der Waals surface area contributed by atoms with Crippen LogP contribution in [0.5, 0.6) is 0 Å². The van der Waals surface area contributed by atoms with Crippen LogP contribution >= 0.6 is 12.4 Å². The molecule has 0 bridgehead atoms. The Morgan fingerprint density at radius 2 is 1.36 bits per heavy atom. The fourth-order valence-corrected chi connectivity index (χ4v) is 2.47. The first kappa shape index (κ1) is 12.3. The van der Waals surface area contributed by atoms with Gasteiger partial charge in [0.15, 0.2) is 0 Å². The molecule has 1 heterocycles. The highest BCUT2D eigenvalue weighted by atomic mass is 35.5. The van der Waals surface area contributed by atoms with Crippen molar-refractivity contribution >= 4 is 12.4 Å². The topological polar surface area (TPSA) is 21.3 Å². The molecular formula is C11H22ClNO. The van der Waals surface area contributed by atoms with E-state index >= 15 is 0 Å². The van der Waals surface area contributed by atoms with E-state index in [1.807, 2.05) is 0 Å². The standard InChI is InChI=1S/C11H21NO.ClH/c1-2-4-10(5-3-1)12-11-6-8-13-9-7-11;/h10-12H,1-9H2;1H. The van der Waals surface area contributed by atoms with Crippen LogP contribution in [0.25, 0.3) is 0 Å². The van der Waals surface area contributed by atoms with Gasteiger partial charge < -0.3 is 10.1 Å². The molecular weight excluding hydrogens is 198 g/mol. The van der Waals surface area contributed by atoms with Gasteiger partial charge in [-0.3, -0.25) is 0 Å². The summed E-state index contributed by atoms with van der Waals surface area (Å²) in [6.45, 7) is 1.93. The van der Waals surface area contributed by atoms with E-state index in [9.17, 15) is 0 Å². The van der Waals surface area contributed by atoms with Crippen molar-refractivity contribution in [3.63, 3.8) is 0 Å². The Morgan fingerprint density at radius 3 is 2.00 bits per heavy atom. The molecule has 0 amide bonds. The first-order valence-corrected chi connectivity index (χ1v) is 5.79. The Bertz CT molecular complexity index is 126. The quantitative estimate of drug-likeness (QED) is 0.771. The van der Waals surface area contributed by atoms with Gasteiger partial charge in [0, 0.05) is 25.3 Å². The summed E-state index contributed by atoms with van der Waals surface area (Å²) in [5, 5.41) is 3.78. The van der Waals surface area contributed by atoms with Gasteiger partial charge in [-0.15, -0.1) is 12.4 Å². The Kier molecular flexibility index (Phi) is 5.83. The predicted octanol–water partition coefficient (Wildman–Crippen LogP) is 2.51. The Morgan fingerprint density at radius 1 is 0.786 bits per heavy atom. The van der Waals surface area contributed by atoms with E-state index < -0.39 is 0 Å². The molecule has 0 aromatic heterocycles. The minimum absolute atomic E-state index is 0. The molecule has 1 saturated heterocycles. The van der Waals surface area contributed by atoms with Crippen molar-refractivity contribution < 1.29 is 4.74 Å². The minimum atomic E-state index is 0. The second-order valence-electron chi connectivity index (χ2n) is 4.39. The van der Waals surface area contributed by atoms with Crippen molar-refractivity contribution in [1.82, 2.24) is 5.32 Å². The van der Waals surface area contributed by atoms with E-state index in [4.69, 9.17) is 4.74 Å². The van der Waals surface area contributed by atoms with E-state index in [1.165, 1.54) is 44.9 Å².